The number of aliphatic hydroxyl groups is 11. The molecule has 3 rings (SSSR count). The van der Waals surface area contributed by atoms with Crippen LogP contribution < -0.4 is 10.6 Å². The summed E-state index contributed by atoms with van der Waals surface area (Å²) in [6.07, 6.45) is 3.89. The number of amides is 2. The summed E-state index contributed by atoms with van der Waals surface area (Å²) in [5.41, 5.74) is 0. The van der Waals surface area contributed by atoms with Crippen LogP contribution in [0.3, 0.4) is 0 Å². The Morgan fingerprint density at radius 1 is 0.630 bits per heavy atom. The predicted molar refractivity (Wildman–Crippen MR) is 297 cm³/mol. The van der Waals surface area contributed by atoms with E-state index >= 15 is 0 Å². The lowest BCUT2D eigenvalue weighted by atomic mass is 9.88. The van der Waals surface area contributed by atoms with Gasteiger partial charge in [0.1, 0.15) is 67.1 Å². The van der Waals surface area contributed by atoms with Crippen LogP contribution in [0.5, 0.6) is 0 Å². The summed E-state index contributed by atoms with van der Waals surface area (Å²) in [6, 6.07) is -2.53. The van der Waals surface area contributed by atoms with Gasteiger partial charge in [0, 0.05) is 19.8 Å². The molecule has 0 bridgehead atoms. The number of carboxylic acids is 1. The largest absolute Gasteiger partial charge is 0.477 e. The number of allylic oxidation sites excluding steroid dienone is 2. The molecule has 18 atom stereocenters. The van der Waals surface area contributed by atoms with E-state index in [2.05, 4.69) is 36.6 Å². The van der Waals surface area contributed by atoms with Gasteiger partial charge in [0.05, 0.1) is 50.7 Å². The molecule has 474 valence electrons. The molecular formula is C58H106N2O21. The van der Waals surface area contributed by atoms with Gasteiger partial charge in [-0.3, -0.25) is 9.59 Å². The molecule has 23 nitrogen and oxygen atoms in total. The highest BCUT2D eigenvalue weighted by Crippen LogP contribution is 2.38. The van der Waals surface area contributed by atoms with Crippen LogP contribution in [0.1, 0.15) is 201 Å². The Kier molecular flexibility index (Phi) is 36.6. The van der Waals surface area contributed by atoms with Crippen LogP contribution in [0.15, 0.2) is 12.2 Å². The molecule has 0 spiro atoms. The third-order valence-electron chi connectivity index (χ3n) is 15.7. The summed E-state index contributed by atoms with van der Waals surface area (Å²) in [4.78, 5) is 38.4. The van der Waals surface area contributed by atoms with Gasteiger partial charge in [-0.15, -0.1) is 0 Å². The highest BCUT2D eigenvalue weighted by Gasteiger charge is 2.60. The number of hydrogen-bond donors (Lipinski definition) is 14. The lowest BCUT2D eigenvalue weighted by Crippen LogP contribution is -2.70. The number of ether oxygens (including phenoxy) is 6. The van der Waals surface area contributed by atoms with Gasteiger partial charge < -0.3 is 100 Å². The van der Waals surface area contributed by atoms with Crippen LogP contribution in [0.4, 0.5) is 0 Å². The molecule has 0 radical (unpaired) electrons. The standard InChI is InChI=1S/C58H106N2O21/c1-4-6-8-10-12-14-16-17-18-19-20-22-24-26-28-30-32-45(68)60-39(40(65)31-29-27-25-23-21-15-13-11-9-7-5-2)37-76-55-50(72)49(71)52(44(36-63)78-55)79-56-51(73)54(48(70)43(35-62)77-56)81-58(57(74)75)33-41(66)46(59-38(3)64)53(80-58)47(69)42(67)34-61/h18-19,39-44,46-56,61-63,65-67,69-73H,4-17,20-37H2,1-3H3,(H,59,64)(H,60,68)(H,74,75)/b19-18-. The SMILES string of the molecule is CCCCCCCCC/C=C\CCCCCCCC(=O)NC(COC1OC(CO)C(OC2OC(CO)C(O)C(OC3(C(=O)O)CC(O)C(NC(C)=O)C(C(O)C(O)CO)O3)C2O)C(O)C1O)C(O)CCCCCCCCCCCCC. The monoisotopic (exact) mass is 1170 g/mol. The number of aliphatic hydroxyl groups excluding tert-OH is 11. The maximum atomic E-state index is 13.4. The lowest BCUT2D eigenvalue weighted by molar-refractivity contribution is -0.386. The average molecular weight is 1170 g/mol. The molecule has 0 aromatic heterocycles. The van der Waals surface area contributed by atoms with Crippen molar-refractivity contribution in [1.82, 2.24) is 10.6 Å². The van der Waals surface area contributed by atoms with Gasteiger partial charge in [-0.2, -0.15) is 0 Å². The van der Waals surface area contributed by atoms with E-state index in [9.17, 15) is 75.7 Å². The highest BCUT2D eigenvalue weighted by molar-refractivity contribution is 5.77. The Labute approximate surface area is 480 Å². The fourth-order valence-electron chi connectivity index (χ4n) is 10.8. The number of rotatable bonds is 44. The van der Waals surface area contributed by atoms with Crippen molar-refractivity contribution < 1.29 is 104 Å². The number of unbranched alkanes of at least 4 members (excludes halogenated alkanes) is 22. The zero-order valence-electron chi connectivity index (χ0n) is 48.6. The van der Waals surface area contributed by atoms with Crippen molar-refractivity contribution >= 4 is 17.8 Å². The Morgan fingerprint density at radius 2 is 1.15 bits per heavy atom. The van der Waals surface area contributed by atoms with Crippen LogP contribution in [-0.4, -0.2) is 215 Å². The summed E-state index contributed by atoms with van der Waals surface area (Å²) in [7, 11) is 0. The van der Waals surface area contributed by atoms with Crippen molar-refractivity contribution in [2.24, 2.45) is 0 Å². The number of aliphatic carboxylic acids is 1. The van der Waals surface area contributed by atoms with Crippen LogP contribution in [0.2, 0.25) is 0 Å². The van der Waals surface area contributed by atoms with Crippen LogP contribution in [0.25, 0.3) is 0 Å². The molecule has 0 aromatic carbocycles. The third kappa shape index (κ3) is 25.1. The zero-order chi connectivity index (χ0) is 59.7. The molecule has 23 heteroatoms. The molecular weight excluding hydrogens is 1060 g/mol. The Bertz CT molecular complexity index is 1720. The molecule has 0 saturated carbocycles. The highest BCUT2D eigenvalue weighted by atomic mass is 16.8. The minimum Gasteiger partial charge on any atom is -0.477 e. The van der Waals surface area contributed by atoms with Gasteiger partial charge >= 0.3 is 5.97 Å². The van der Waals surface area contributed by atoms with E-state index in [4.69, 9.17) is 28.4 Å². The van der Waals surface area contributed by atoms with E-state index in [0.717, 1.165) is 71.1 Å². The van der Waals surface area contributed by atoms with Crippen LogP contribution in [-0.2, 0) is 42.8 Å². The average Bonchev–Trinajstić information content (AvgIpc) is 3.51. The van der Waals surface area contributed by atoms with E-state index in [1.54, 1.807) is 0 Å². The first kappa shape index (κ1) is 72.7. The normalized spacial score (nSPS) is 30.5. The summed E-state index contributed by atoms with van der Waals surface area (Å²) in [5, 5.41) is 135. The first-order valence-electron chi connectivity index (χ1n) is 30.5. The second kappa shape index (κ2) is 40.7. The number of carboxylic acid groups (broad SMARTS) is 1. The molecule has 3 fully saturated rings. The lowest BCUT2D eigenvalue weighted by Gasteiger charge is -2.50. The van der Waals surface area contributed by atoms with E-state index < -0.39 is 148 Å². The first-order valence-corrected chi connectivity index (χ1v) is 30.5. The topological polar surface area (TPSA) is 373 Å². The molecule has 18 unspecified atom stereocenters. The molecule has 0 aromatic rings. The molecule has 3 aliphatic rings. The predicted octanol–water partition coefficient (Wildman–Crippen LogP) is 2.78. The van der Waals surface area contributed by atoms with Gasteiger partial charge in [-0.05, 0) is 38.5 Å². The van der Waals surface area contributed by atoms with E-state index in [-0.39, 0.29) is 18.9 Å². The summed E-state index contributed by atoms with van der Waals surface area (Å²) >= 11 is 0. The Balaban J connectivity index is 1.66. The van der Waals surface area contributed by atoms with Crippen molar-refractivity contribution in [3.63, 3.8) is 0 Å². The van der Waals surface area contributed by atoms with Gasteiger partial charge in [0.2, 0.25) is 11.8 Å². The minimum atomic E-state index is -3.08. The molecule has 0 aliphatic carbocycles. The van der Waals surface area contributed by atoms with Crippen molar-refractivity contribution in [3.05, 3.63) is 12.2 Å². The molecule has 3 heterocycles. The van der Waals surface area contributed by atoms with E-state index in [0.29, 0.717) is 19.3 Å². The first-order chi connectivity index (χ1) is 38.9. The fraction of sp³-hybridized carbons (Fsp3) is 0.914. The number of carbonyl (C=O) groups excluding carboxylic acids is 2. The molecule has 14 N–H and O–H groups in total. The minimum absolute atomic E-state index is 0.214. The quantitative estimate of drug-likeness (QED) is 0.0308. The van der Waals surface area contributed by atoms with E-state index in [1.807, 2.05) is 0 Å². The van der Waals surface area contributed by atoms with E-state index in [1.165, 1.54) is 83.5 Å². The van der Waals surface area contributed by atoms with Crippen molar-refractivity contribution in [2.75, 3.05) is 26.4 Å². The second-order valence-electron chi connectivity index (χ2n) is 22.6. The third-order valence-corrected chi connectivity index (χ3v) is 15.7. The molecule has 2 amide bonds. The Hall–Kier alpha value is -2.53. The van der Waals surface area contributed by atoms with Crippen molar-refractivity contribution in [3.8, 4) is 0 Å². The van der Waals surface area contributed by atoms with Crippen LogP contribution >= 0.6 is 0 Å². The zero-order valence-corrected chi connectivity index (χ0v) is 48.6. The second-order valence-corrected chi connectivity index (χ2v) is 22.6. The Morgan fingerprint density at radius 3 is 1.67 bits per heavy atom. The number of nitrogens with one attached hydrogen (secondary N) is 2. The number of carbonyl (C=O) groups is 3. The molecule has 3 saturated heterocycles. The van der Waals surface area contributed by atoms with Gasteiger partial charge in [0.15, 0.2) is 12.6 Å². The maximum Gasteiger partial charge on any atom is 0.364 e. The van der Waals surface area contributed by atoms with Crippen LogP contribution in [0, 0.1) is 0 Å². The number of hydrogen-bond acceptors (Lipinski definition) is 20. The van der Waals surface area contributed by atoms with Crippen molar-refractivity contribution in [1.29, 1.82) is 0 Å². The summed E-state index contributed by atoms with van der Waals surface area (Å²) < 4.78 is 34.7. The summed E-state index contributed by atoms with van der Waals surface area (Å²) in [6.45, 7) is 2.14. The van der Waals surface area contributed by atoms with Gasteiger partial charge in [-0.25, -0.2) is 4.79 Å². The van der Waals surface area contributed by atoms with Gasteiger partial charge in [-0.1, -0.05) is 154 Å². The van der Waals surface area contributed by atoms with Crippen molar-refractivity contribution in [2.45, 2.75) is 310 Å². The molecule has 3 aliphatic heterocycles. The summed E-state index contributed by atoms with van der Waals surface area (Å²) in [5.74, 6) is -6.11. The molecule has 81 heavy (non-hydrogen) atoms. The maximum absolute atomic E-state index is 13.4. The van der Waals surface area contributed by atoms with Gasteiger partial charge in [0.25, 0.3) is 5.79 Å². The smallest absolute Gasteiger partial charge is 0.364 e. The fourth-order valence-corrected chi connectivity index (χ4v) is 10.8.